The summed E-state index contributed by atoms with van der Waals surface area (Å²) in [4.78, 5) is 25.9. The molecule has 0 radical (unpaired) electrons. The van der Waals surface area contributed by atoms with E-state index in [0.717, 1.165) is 38.8 Å². The van der Waals surface area contributed by atoms with Crippen LogP contribution < -0.4 is 0 Å². The maximum atomic E-state index is 12.7. The van der Waals surface area contributed by atoms with E-state index in [2.05, 4.69) is 54.6 Å². The van der Waals surface area contributed by atoms with Crippen molar-refractivity contribution in [3.63, 3.8) is 0 Å². The number of esters is 1. The Balaban J connectivity index is 1.67. The number of amides is 1. The van der Waals surface area contributed by atoms with E-state index in [1.165, 1.54) is 6.92 Å². The number of likely N-dealkylation sites (tertiary alicyclic amines) is 1. The maximum Gasteiger partial charge on any atom is 0.302 e. The third kappa shape index (κ3) is 8.83. The Morgan fingerprint density at radius 2 is 1.63 bits per heavy atom. The average Bonchev–Trinajstić information content (AvgIpc) is 2.77. The fourth-order valence-electron chi connectivity index (χ4n) is 4.62. The summed E-state index contributed by atoms with van der Waals surface area (Å²) in [7, 11) is -1.76. The molecule has 2 aliphatic heterocycles. The van der Waals surface area contributed by atoms with Gasteiger partial charge >= 0.3 is 5.97 Å². The van der Waals surface area contributed by atoms with Crippen LogP contribution in [0.1, 0.15) is 80.6 Å². The molecule has 7 nitrogen and oxygen atoms in total. The summed E-state index contributed by atoms with van der Waals surface area (Å²) in [5, 5.41) is 0.210. The fraction of sp³-hybridized carbons (Fsp3) is 0.926. The van der Waals surface area contributed by atoms with Crippen LogP contribution in [0.3, 0.4) is 0 Å². The standard InChI is InChI=1S/C27H51NO6Si/c1-19-20(2)24(18-32-22(4)29)33-26(21(19)3)31-17-11-10-12-25(30)28-15-13-23(14-16-28)34-35(8,9)27(5,6)7/h19-21,23-24,26H,10-18H2,1-9H3/t19?,20-,21+,24?,26-/m1/s1. The van der Waals surface area contributed by atoms with Crippen molar-refractivity contribution in [3.8, 4) is 0 Å². The molecule has 2 heterocycles. The molecular weight excluding hydrogens is 462 g/mol. The number of hydrogen-bond donors (Lipinski definition) is 0. The van der Waals surface area contributed by atoms with Gasteiger partial charge in [0.2, 0.25) is 5.91 Å². The monoisotopic (exact) mass is 513 g/mol. The zero-order chi connectivity index (χ0) is 26.4. The van der Waals surface area contributed by atoms with Crippen molar-refractivity contribution in [1.82, 2.24) is 4.90 Å². The average molecular weight is 514 g/mol. The summed E-state index contributed by atoms with van der Waals surface area (Å²) in [5.74, 6) is 0.899. The van der Waals surface area contributed by atoms with Gasteiger partial charge in [-0.1, -0.05) is 41.5 Å². The van der Waals surface area contributed by atoms with Gasteiger partial charge in [0.05, 0.1) is 6.10 Å². The van der Waals surface area contributed by atoms with Gasteiger partial charge in [-0.2, -0.15) is 0 Å². The van der Waals surface area contributed by atoms with Crippen molar-refractivity contribution < 1.29 is 28.2 Å². The highest BCUT2D eigenvalue weighted by atomic mass is 28.4. The van der Waals surface area contributed by atoms with Gasteiger partial charge < -0.3 is 23.5 Å². The first-order valence-electron chi connectivity index (χ1n) is 13.6. The first-order valence-corrected chi connectivity index (χ1v) is 16.5. The highest BCUT2D eigenvalue weighted by Crippen LogP contribution is 2.38. The molecule has 8 heteroatoms. The second-order valence-corrected chi connectivity index (χ2v) is 17.0. The topological polar surface area (TPSA) is 74.3 Å². The van der Waals surface area contributed by atoms with Crippen molar-refractivity contribution in [2.75, 3.05) is 26.3 Å². The molecule has 0 N–H and O–H groups in total. The third-order valence-corrected chi connectivity index (χ3v) is 13.1. The molecule has 1 amide bonds. The van der Waals surface area contributed by atoms with Crippen LogP contribution in [-0.4, -0.2) is 69.9 Å². The second-order valence-electron chi connectivity index (χ2n) is 12.2. The molecule has 0 saturated carbocycles. The number of piperidine rings is 1. The Morgan fingerprint density at radius 1 is 1.00 bits per heavy atom. The lowest BCUT2D eigenvalue weighted by molar-refractivity contribution is -0.255. The van der Waals surface area contributed by atoms with Gasteiger partial charge in [-0.05, 0) is 55.7 Å². The molecule has 2 aliphatic rings. The van der Waals surface area contributed by atoms with Gasteiger partial charge in [0.15, 0.2) is 14.6 Å². The summed E-state index contributed by atoms with van der Waals surface area (Å²) < 4.78 is 23.9. The van der Waals surface area contributed by atoms with Crippen LogP contribution >= 0.6 is 0 Å². The van der Waals surface area contributed by atoms with Gasteiger partial charge in [-0.3, -0.25) is 9.59 Å². The van der Waals surface area contributed by atoms with Crippen molar-refractivity contribution in [3.05, 3.63) is 0 Å². The summed E-state index contributed by atoms with van der Waals surface area (Å²) in [6.45, 7) is 21.7. The Morgan fingerprint density at radius 3 is 2.20 bits per heavy atom. The van der Waals surface area contributed by atoms with E-state index in [4.69, 9.17) is 18.6 Å². The zero-order valence-electron chi connectivity index (χ0n) is 23.7. The highest BCUT2D eigenvalue weighted by molar-refractivity contribution is 6.74. The first-order chi connectivity index (χ1) is 16.2. The number of carbonyl (C=O) groups excluding carboxylic acids is 2. The molecule has 2 unspecified atom stereocenters. The molecule has 0 aromatic rings. The number of rotatable bonds is 10. The van der Waals surface area contributed by atoms with E-state index in [-0.39, 0.29) is 47.9 Å². The van der Waals surface area contributed by atoms with E-state index < -0.39 is 8.32 Å². The molecule has 2 saturated heterocycles. The minimum Gasteiger partial charge on any atom is -0.463 e. The third-order valence-electron chi connectivity index (χ3n) is 8.56. The largest absolute Gasteiger partial charge is 0.463 e. The lowest BCUT2D eigenvalue weighted by Gasteiger charge is -2.43. The van der Waals surface area contributed by atoms with E-state index in [9.17, 15) is 9.59 Å². The number of nitrogens with zero attached hydrogens (tertiary/aromatic N) is 1. The fourth-order valence-corrected chi connectivity index (χ4v) is 6.04. The molecule has 0 aromatic carbocycles. The van der Waals surface area contributed by atoms with Crippen molar-refractivity contribution in [1.29, 1.82) is 0 Å². The smallest absolute Gasteiger partial charge is 0.302 e. The highest BCUT2D eigenvalue weighted by Gasteiger charge is 2.41. The van der Waals surface area contributed by atoms with Crippen LogP contribution in [-0.2, 0) is 28.2 Å². The zero-order valence-corrected chi connectivity index (χ0v) is 24.7. The van der Waals surface area contributed by atoms with Crippen LogP contribution in [0.4, 0.5) is 0 Å². The molecule has 0 spiro atoms. The van der Waals surface area contributed by atoms with E-state index in [0.29, 0.717) is 24.9 Å². The molecule has 0 bridgehead atoms. The summed E-state index contributed by atoms with van der Waals surface area (Å²) in [6.07, 6.45) is 3.87. The molecular formula is C27H51NO6Si. The second kappa shape index (κ2) is 13.0. The molecule has 2 rings (SSSR count). The van der Waals surface area contributed by atoms with Crippen LogP contribution in [0.5, 0.6) is 0 Å². The first kappa shape index (κ1) is 30.3. The van der Waals surface area contributed by atoms with Crippen LogP contribution in [0.25, 0.3) is 0 Å². The summed E-state index contributed by atoms with van der Waals surface area (Å²) in [5.41, 5.74) is 0. The molecule has 5 atom stereocenters. The summed E-state index contributed by atoms with van der Waals surface area (Å²) in [6, 6.07) is 0. The van der Waals surface area contributed by atoms with Crippen molar-refractivity contribution in [2.45, 2.75) is 117 Å². The van der Waals surface area contributed by atoms with Gasteiger partial charge in [-0.25, -0.2) is 0 Å². The van der Waals surface area contributed by atoms with E-state index >= 15 is 0 Å². The molecule has 0 aliphatic carbocycles. The Bertz CT molecular complexity index is 686. The van der Waals surface area contributed by atoms with Gasteiger partial charge in [0, 0.05) is 45.1 Å². The quantitative estimate of drug-likeness (QED) is 0.222. The SMILES string of the molecule is CC(=O)OCC1O[C@@H](OCCCCC(=O)N2CCC(O[Si](C)(C)C(C)(C)C)CC2)[C@@H](C)C(C)[C@H]1C. The normalized spacial score (nSPS) is 28.7. The number of carbonyl (C=O) groups is 2. The lowest BCUT2D eigenvalue weighted by atomic mass is 9.79. The van der Waals surface area contributed by atoms with E-state index in [1.807, 2.05) is 4.90 Å². The van der Waals surface area contributed by atoms with Crippen LogP contribution in [0, 0.1) is 17.8 Å². The number of ether oxygens (including phenoxy) is 3. The predicted molar refractivity (Wildman–Crippen MR) is 140 cm³/mol. The van der Waals surface area contributed by atoms with Crippen molar-refractivity contribution >= 4 is 20.2 Å². The Labute approximate surface area is 214 Å². The minimum absolute atomic E-state index is 0.153. The number of hydrogen-bond acceptors (Lipinski definition) is 6. The van der Waals surface area contributed by atoms with E-state index in [1.54, 1.807) is 0 Å². The van der Waals surface area contributed by atoms with Gasteiger partial charge in [0.1, 0.15) is 6.61 Å². The van der Waals surface area contributed by atoms with Crippen LogP contribution in [0.15, 0.2) is 0 Å². The molecule has 0 aromatic heterocycles. The van der Waals surface area contributed by atoms with Crippen LogP contribution in [0.2, 0.25) is 18.1 Å². The Hall–Kier alpha value is -0.963. The minimum atomic E-state index is -1.76. The molecule has 2 fully saturated rings. The lowest BCUT2D eigenvalue weighted by Crippen LogP contribution is -2.48. The molecule has 204 valence electrons. The van der Waals surface area contributed by atoms with Gasteiger partial charge in [0.25, 0.3) is 0 Å². The summed E-state index contributed by atoms with van der Waals surface area (Å²) >= 11 is 0. The molecule has 35 heavy (non-hydrogen) atoms. The van der Waals surface area contributed by atoms with Crippen molar-refractivity contribution in [2.24, 2.45) is 17.8 Å². The Kier molecular flexibility index (Phi) is 11.3. The number of unbranched alkanes of at least 4 members (excludes halogenated alkanes) is 1. The predicted octanol–water partition coefficient (Wildman–Crippen LogP) is 5.38. The maximum absolute atomic E-state index is 12.7. The van der Waals surface area contributed by atoms with Gasteiger partial charge in [-0.15, -0.1) is 0 Å².